The van der Waals surface area contributed by atoms with Gasteiger partial charge in [-0.25, -0.2) is 0 Å². The van der Waals surface area contributed by atoms with E-state index in [4.69, 9.17) is 4.74 Å². The van der Waals surface area contributed by atoms with Crippen molar-refractivity contribution in [2.45, 2.75) is 37.9 Å². The van der Waals surface area contributed by atoms with Crippen LogP contribution in [-0.2, 0) is 9.53 Å². The number of methoxy groups -OCH3 is 1. The van der Waals surface area contributed by atoms with E-state index >= 15 is 0 Å². The highest BCUT2D eigenvalue weighted by Crippen LogP contribution is 2.34. The standard InChI is InChI=1S/C22H29N3O3/c1-15(2)25(21(27)14-28-3)12-19-22(20(13-26)24-19)17-8-6-16(7-9-17)18-5-4-10-23-11-18/h4-11,15,19-20,22,24,26H,12-14H2,1-3H3/t19-,20-,22-/m0/s1. The van der Waals surface area contributed by atoms with E-state index in [9.17, 15) is 9.90 Å². The van der Waals surface area contributed by atoms with Gasteiger partial charge in [0.2, 0.25) is 5.91 Å². The minimum Gasteiger partial charge on any atom is -0.395 e. The minimum absolute atomic E-state index is 0.000723. The first-order valence-electron chi connectivity index (χ1n) is 9.70. The Morgan fingerprint density at radius 1 is 1.21 bits per heavy atom. The number of amides is 1. The number of hydrogen-bond donors (Lipinski definition) is 2. The van der Waals surface area contributed by atoms with Gasteiger partial charge in [-0.2, -0.15) is 0 Å². The maximum Gasteiger partial charge on any atom is 0.248 e. The van der Waals surface area contributed by atoms with Crippen LogP contribution in [0.3, 0.4) is 0 Å². The Bertz CT molecular complexity index is 764. The van der Waals surface area contributed by atoms with Crippen molar-refractivity contribution in [3.8, 4) is 11.1 Å². The van der Waals surface area contributed by atoms with Crippen LogP contribution in [-0.4, -0.2) is 65.9 Å². The van der Waals surface area contributed by atoms with Crippen molar-refractivity contribution in [3.05, 3.63) is 54.4 Å². The number of hydrogen-bond acceptors (Lipinski definition) is 5. The lowest BCUT2D eigenvalue weighted by molar-refractivity contribution is -0.138. The van der Waals surface area contributed by atoms with E-state index in [0.717, 1.165) is 11.1 Å². The zero-order valence-corrected chi connectivity index (χ0v) is 16.7. The van der Waals surface area contributed by atoms with Crippen LogP contribution in [0.2, 0.25) is 0 Å². The molecule has 3 atom stereocenters. The summed E-state index contributed by atoms with van der Waals surface area (Å²) in [5.41, 5.74) is 3.35. The van der Waals surface area contributed by atoms with Crippen molar-refractivity contribution >= 4 is 5.91 Å². The second kappa shape index (κ2) is 9.28. The molecule has 1 saturated heterocycles. The highest BCUT2D eigenvalue weighted by molar-refractivity contribution is 5.77. The predicted molar refractivity (Wildman–Crippen MR) is 109 cm³/mol. The van der Waals surface area contributed by atoms with Crippen molar-refractivity contribution < 1.29 is 14.6 Å². The van der Waals surface area contributed by atoms with Crippen LogP contribution in [0.1, 0.15) is 25.3 Å². The van der Waals surface area contributed by atoms with E-state index in [0.29, 0.717) is 6.54 Å². The third-order valence-corrected chi connectivity index (χ3v) is 5.39. The summed E-state index contributed by atoms with van der Waals surface area (Å²) in [5.74, 6) is 0.141. The molecule has 2 aromatic rings. The Kier molecular flexibility index (Phi) is 6.78. The van der Waals surface area contributed by atoms with Crippen molar-refractivity contribution in [2.75, 3.05) is 26.9 Å². The molecule has 2 N–H and O–H groups in total. The summed E-state index contributed by atoms with van der Waals surface area (Å²) >= 11 is 0. The summed E-state index contributed by atoms with van der Waals surface area (Å²) in [6.07, 6.45) is 3.61. The van der Waals surface area contributed by atoms with Gasteiger partial charge in [0.05, 0.1) is 6.61 Å². The molecule has 3 rings (SSSR count). The Hall–Kier alpha value is -2.28. The summed E-state index contributed by atoms with van der Waals surface area (Å²) in [6, 6.07) is 12.6. The molecule has 1 amide bonds. The van der Waals surface area contributed by atoms with Crippen LogP contribution in [0.15, 0.2) is 48.8 Å². The molecule has 1 aromatic heterocycles. The van der Waals surface area contributed by atoms with Gasteiger partial charge in [-0.15, -0.1) is 0 Å². The largest absolute Gasteiger partial charge is 0.395 e. The summed E-state index contributed by atoms with van der Waals surface area (Å²) in [6.45, 7) is 4.75. The van der Waals surface area contributed by atoms with E-state index in [2.05, 4.69) is 34.6 Å². The molecular weight excluding hydrogens is 354 g/mol. The molecule has 1 aliphatic heterocycles. The molecule has 150 valence electrons. The highest BCUT2D eigenvalue weighted by Gasteiger charge is 2.42. The fraction of sp³-hybridized carbons (Fsp3) is 0.455. The number of benzene rings is 1. The van der Waals surface area contributed by atoms with Crippen LogP contribution in [0.25, 0.3) is 11.1 Å². The smallest absolute Gasteiger partial charge is 0.248 e. The zero-order valence-electron chi connectivity index (χ0n) is 16.7. The fourth-order valence-corrected chi connectivity index (χ4v) is 3.89. The maximum atomic E-state index is 12.4. The Labute approximate surface area is 166 Å². The van der Waals surface area contributed by atoms with Crippen molar-refractivity contribution in [2.24, 2.45) is 0 Å². The lowest BCUT2D eigenvalue weighted by Crippen LogP contribution is -2.65. The molecule has 0 aliphatic carbocycles. The van der Waals surface area contributed by atoms with Gasteiger partial charge in [0.25, 0.3) is 0 Å². The van der Waals surface area contributed by atoms with E-state index in [1.165, 1.54) is 12.7 Å². The summed E-state index contributed by atoms with van der Waals surface area (Å²) in [7, 11) is 1.53. The van der Waals surface area contributed by atoms with E-state index in [-0.39, 0.29) is 43.2 Å². The molecule has 0 radical (unpaired) electrons. The van der Waals surface area contributed by atoms with Gasteiger partial charge in [-0.05, 0) is 36.6 Å². The molecule has 0 spiro atoms. The first kappa shape index (κ1) is 20.5. The molecule has 6 nitrogen and oxygen atoms in total. The molecule has 0 unspecified atom stereocenters. The molecule has 28 heavy (non-hydrogen) atoms. The Morgan fingerprint density at radius 3 is 2.54 bits per heavy atom. The molecule has 6 heteroatoms. The third kappa shape index (κ3) is 4.41. The average molecular weight is 383 g/mol. The van der Waals surface area contributed by atoms with Gasteiger partial charge in [-0.3, -0.25) is 9.78 Å². The number of ether oxygens (including phenoxy) is 1. The molecular formula is C22H29N3O3. The van der Waals surface area contributed by atoms with Gasteiger partial charge in [0.15, 0.2) is 0 Å². The number of aliphatic hydroxyl groups excluding tert-OH is 1. The first-order valence-corrected chi connectivity index (χ1v) is 9.70. The van der Waals surface area contributed by atoms with Crippen molar-refractivity contribution in [1.82, 2.24) is 15.2 Å². The summed E-state index contributed by atoms with van der Waals surface area (Å²) in [5, 5.41) is 13.1. The average Bonchev–Trinajstić information content (AvgIpc) is 2.68. The monoisotopic (exact) mass is 383 g/mol. The number of carbonyl (C=O) groups excluding carboxylic acids is 1. The Morgan fingerprint density at radius 2 is 1.96 bits per heavy atom. The predicted octanol–water partition coefficient (Wildman–Crippen LogP) is 2.05. The zero-order chi connectivity index (χ0) is 20.1. The molecule has 2 heterocycles. The number of nitrogens with zero attached hydrogens (tertiary/aromatic N) is 2. The summed E-state index contributed by atoms with van der Waals surface area (Å²) < 4.78 is 5.02. The fourth-order valence-electron chi connectivity index (χ4n) is 3.89. The van der Waals surface area contributed by atoms with Crippen LogP contribution in [0.4, 0.5) is 0 Å². The van der Waals surface area contributed by atoms with Crippen LogP contribution < -0.4 is 5.32 Å². The molecule has 1 fully saturated rings. The normalized spacial score (nSPS) is 21.4. The number of carbonyl (C=O) groups is 1. The molecule has 1 aromatic carbocycles. The van der Waals surface area contributed by atoms with E-state index < -0.39 is 0 Å². The quantitative estimate of drug-likeness (QED) is 0.730. The van der Waals surface area contributed by atoms with Gasteiger partial charge in [-0.1, -0.05) is 30.3 Å². The second-order valence-corrected chi connectivity index (χ2v) is 7.52. The lowest BCUT2D eigenvalue weighted by atomic mass is 9.77. The van der Waals surface area contributed by atoms with Crippen LogP contribution >= 0.6 is 0 Å². The van der Waals surface area contributed by atoms with Crippen LogP contribution in [0, 0.1) is 0 Å². The van der Waals surface area contributed by atoms with Crippen LogP contribution in [0.5, 0.6) is 0 Å². The van der Waals surface area contributed by atoms with Gasteiger partial charge in [0.1, 0.15) is 6.61 Å². The van der Waals surface area contributed by atoms with E-state index in [1.54, 1.807) is 6.20 Å². The van der Waals surface area contributed by atoms with Crippen molar-refractivity contribution in [3.63, 3.8) is 0 Å². The molecule has 1 aliphatic rings. The first-order chi connectivity index (χ1) is 13.5. The topological polar surface area (TPSA) is 74.7 Å². The maximum absolute atomic E-state index is 12.4. The lowest BCUT2D eigenvalue weighted by Gasteiger charge is -2.48. The third-order valence-electron chi connectivity index (χ3n) is 5.39. The number of nitrogens with one attached hydrogen (secondary N) is 1. The van der Waals surface area contributed by atoms with Crippen molar-refractivity contribution in [1.29, 1.82) is 0 Å². The number of rotatable bonds is 8. The summed E-state index contributed by atoms with van der Waals surface area (Å²) in [4.78, 5) is 18.4. The van der Waals surface area contributed by atoms with E-state index in [1.807, 2.05) is 37.1 Å². The van der Waals surface area contributed by atoms with Gasteiger partial charge < -0.3 is 20.1 Å². The molecule has 0 saturated carbocycles. The minimum atomic E-state index is -0.0163. The number of aliphatic hydroxyl groups is 1. The molecule has 0 bridgehead atoms. The number of pyridine rings is 1. The Balaban J connectivity index is 1.75. The van der Waals surface area contributed by atoms with Gasteiger partial charge >= 0.3 is 0 Å². The highest BCUT2D eigenvalue weighted by atomic mass is 16.5. The number of aromatic nitrogens is 1. The SMILES string of the molecule is COCC(=O)N(C[C@@H]1N[C@@H](CO)[C@H]1c1ccc(-c2cccnc2)cc1)C(C)C. The second-order valence-electron chi connectivity index (χ2n) is 7.52. The van der Waals surface area contributed by atoms with Gasteiger partial charge in [0, 0.05) is 50.1 Å².